The third-order valence-corrected chi connectivity index (χ3v) is 5.65. The molecule has 3 heterocycles. The number of morpholine rings is 1. The number of aromatic nitrogens is 2. The Labute approximate surface area is 149 Å². The molecule has 6 nitrogen and oxygen atoms in total. The second-order valence-electron chi connectivity index (χ2n) is 7.31. The molecule has 1 saturated heterocycles. The topological polar surface area (TPSA) is 50.6 Å². The van der Waals surface area contributed by atoms with Crippen LogP contribution >= 0.6 is 0 Å². The van der Waals surface area contributed by atoms with Crippen LogP contribution < -0.4 is 0 Å². The summed E-state index contributed by atoms with van der Waals surface area (Å²) in [6, 6.07) is 2.29. The van der Waals surface area contributed by atoms with Crippen LogP contribution in [0.25, 0.3) is 0 Å². The number of carbonyl (C=O) groups is 1. The maximum Gasteiger partial charge on any atom is 0.250 e. The molecule has 136 valence electrons. The molecular formula is C19H28N4O2. The average molecular weight is 344 g/mol. The molecule has 0 radical (unpaired) electrons. The Morgan fingerprint density at radius 1 is 1.24 bits per heavy atom. The first kappa shape index (κ1) is 16.8. The number of nitrogens with zero attached hydrogens (tertiary/aromatic N) is 4. The Kier molecular flexibility index (Phi) is 5.17. The zero-order chi connectivity index (χ0) is 17.1. The normalized spacial score (nSPS) is 25.2. The van der Waals surface area contributed by atoms with Crippen LogP contribution in [0.5, 0.6) is 0 Å². The van der Waals surface area contributed by atoms with Gasteiger partial charge >= 0.3 is 0 Å². The number of aryl methyl sites for hydroxylation is 1. The first-order valence-corrected chi connectivity index (χ1v) is 9.62. The van der Waals surface area contributed by atoms with E-state index in [4.69, 9.17) is 4.74 Å². The summed E-state index contributed by atoms with van der Waals surface area (Å²) < 4.78 is 7.54. The molecule has 0 bridgehead atoms. The lowest BCUT2D eigenvalue weighted by Gasteiger charge is -2.36. The van der Waals surface area contributed by atoms with Crippen LogP contribution in [0, 0.1) is 0 Å². The number of fused-ring (bicyclic) bond motifs is 1. The van der Waals surface area contributed by atoms with Crippen LogP contribution in [-0.2, 0) is 22.6 Å². The summed E-state index contributed by atoms with van der Waals surface area (Å²) in [6.45, 7) is 6.02. The summed E-state index contributed by atoms with van der Waals surface area (Å²) in [7, 11) is 0. The number of rotatable bonds is 3. The molecule has 1 unspecified atom stereocenters. The minimum Gasteiger partial charge on any atom is -0.379 e. The molecule has 4 rings (SSSR count). The van der Waals surface area contributed by atoms with Crippen molar-refractivity contribution in [2.24, 2.45) is 0 Å². The van der Waals surface area contributed by atoms with Gasteiger partial charge in [-0.3, -0.25) is 14.4 Å². The van der Waals surface area contributed by atoms with E-state index in [0.717, 1.165) is 76.3 Å². The third kappa shape index (κ3) is 3.80. The third-order valence-electron chi connectivity index (χ3n) is 5.65. The van der Waals surface area contributed by atoms with Gasteiger partial charge in [0.05, 0.1) is 25.5 Å². The molecule has 1 amide bonds. The highest BCUT2D eigenvalue weighted by atomic mass is 16.5. The molecule has 0 saturated carbocycles. The van der Waals surface area contributed by atoms with Gasteiger partial charge < -0.3 is 9.64 Å². The van der Waals surface area contributed by atoms with E-state index in [1.807, 2.05) is 12.3 Å². The Morgan fingerprint density at radius 2 is 2.12 bits per heavy atom. The van der Waals surface area contributed by atoms with Gasteiger partial charge in [-0.25, -0.2) is 0 Å². The summed E-state index contributed by atoms with van der Waals surface area (Å²) in [6.07, 6.45) is 9.29. The van der Waals surface area contributed by atoms with Crippen LogP contribution in [0.1, 0.15) is 37.8 Å². The van der Waals surface area contributed by atoms with E-state index in [-0.39, 0.29) is 11.9 Å². The van der Waals surface area contributed by atoms with E-state index < -0.39 is 0 Å². The highest BCUT2D eigenvalue weighted by Crippen LogP contribution is 2.25. The van der Waals surface area contributed by atoms with Crippen LogP contribution in [0.15, 0.2) is 23.9 Å². The standard InChI is InChI=1S/C19H28N4O2/c24-19(16-4-2-1-3-5-16)22-15-18-6-8-20-23(18)9-7-17(22)14-21-10-12-25-13-11-21/h4,6,8,17H,1-3,5,7,9-15H2. The van der Waals surface area contributed by atoms with Crippen molar-refractivity contribution < 1.29 is 9.53 Å². The molecule has 1 aromatic rings. The van der Waals surface area contributed by atoms with Crippen LogP contribution in [0.2, 0.25) is 0 Å². The van der Waals surface area contributed by atoms with E-state index >= 15 is 0 Å². The van der Waals surface area contributed by atoms with Crippen LogP contribution in [-0.4, -0.2) is 64.4 Å². The van der Waals surface area contributed by atoms with Gasteiger partial charge in [0.1, 0.15) is 0 Å². The van der Waals surface area contributed by atoms with Gasteiger partial charge in [0, 0.05) is 44.0 Å². The molecule has 1 aromatic heterocycles. The van der Waals surface area contributed by atoms with Crippen molar-refractivity contribution in [2.45, 2.75) is 51.2 Å². The quantitative estimate of drug-likeness (QED) is 0.839. The molecule has 1 fully saturated rings. The van der Waals surface area contributed by atoms with Crippen molar-refractivity contribution in [1.82, 2.24) is 19.6 Å². The smallest absolute Gasteiger partial charge is 0.250 e. The summed E-state index contributed by atoms with van der Waals surface area (Å²) in [5.74, 6) is 0.243. The average Bonchev–Trinajstić information content (AvgIpc) is 3.04. The molecule has 2 aliphatic heterocycles. The van der Waals surface area contributed by atoms with Crippen LogP contribution in [0.4, 0.5) is 0 Å². The maximum atomic E-state index is 13.3. The Balaban J connectivity index is 1.54. The fourth-order valence-electron chi connectivity index (χ4n) is 4.15. The van der Waals surface area contributed by atoms with Gasteiger partial charge in [0.15, 0.2) is 0 Å². The van der Waals surface area contributed by atoms with E-state index in [2.05, 4.69) is 25.7 Å². The highest BCUT2D eigenvalue weighted by molar-refractivity contribution is 5.93. The first-order chi connectivity index (χ1) is 12.3. The molecule has 0 spiro atoms. The Bertz CT molecular complexity index is 633. The number of allylic oxidation sites excluding steroid dienone is 1. The zero-order valence-electron chi connectivity index (χ0n) is 14.9. The minimum atomic E-state index is 0.243. The van der Waals surface area contributed by atoms with E-state index in [9.17, 15) is 4.79 Å². The largest absolute Gasteiger partial charge is 0.379 e. The molecular weight excluding hydrogens is 316 g/mol. The van der Waals surface area contributed by atoms with Gasteiger partial charge in [0.25, 0.3) is 0 Å². The predicted molar refractivity (Wildman–Crippen MR) is 95.0 cm³/mol. The number of carbonyl (C=O) groups excluding carboxylic acids is 1. The fraction of sp³-hybridized carbons (Fsp3) is 0.684. The van der Waals surface area contributed by atoms with E-state index in [1.165, 1.54) is 6.42 Å². The summed E-state index contributed by atoms with van der Waals surface area (Å²) in [5.41, 5.74) is 2.17. The van der Waals surface area contributed by atoms with Crippen molar-refractivity contribution in [2.75, 3.05) is 32.8 Å². The highest BCUT2D eigenvalue weighted by Gasteiger charge is 2.31. The van der Waals surface area contributed by atoms with Gasteiger partial charge in [-0.15, -0.1) is 0 Å². The number of hydrogen-bond donors (Lipinski definition) is 0. The van der Waals surface area contributed by atoms with Gasteiger partial charge in [-0.1, -0.05) is 6.08 Å². The minimum absolute atomic E-state index is 0.243. The van der Waals surface area contributed by atoms with Crippen molar-refractivity contribution in [3.8, 4) is 0 Å². The van der Waals surface area contributed by atoms with Gasteiger partial charge in [-0.05, 0) is 38.2 Å². The fourth-order valence-corrected chi connectivity index (χ4v) is 4.15. The lowest BCUT2D eigenvalue weighted by atomic mass is 9.97. The molecule has 25 heavy (non-hydrogen) atoms. The molecule has 3 aliphatic rings. The predicted octanol–water partition coefficient (Wildman–Crippen LogP) is 1.82. The monoisotopic (exact) mass is 344 g/mol. The molecule has 1 atom stereocenters. The van der Waals surface area contributed by atoms with Crippen molar-refractivity contribution in [3.63, 3.8) is 0 Å². The summed E-state index contributed by atoms with van der Waals surface area (Å²) in [5, 5.41) is 4.43. The molecule has 0 N–H and O–H groups in total. The van der Waals surface area contributed by atoms with Gasteiger partial charge in [-0.2, -0.15) is 5.10 Å². The second kappa shape index (κ2) is 7.70. The number of hydrogen-bond acceptors (Lipinski definition) is 4. The van der Waals surface area contributed by atoms with E-state index in [0.29, 0.717) is 6.54 Å². The van der Waals surface area contributed by atoms with Crippen molar-refractivity contribution >= 4 is 5.91 Å². The van der Waals surface area contributed by atoms with Gasteiger partial charge in [0.2, 0.25) is 5.91 Å². The lowest BCUT2D eigenvalue weighted by molar-refractivity contribution is -0.131. The number of amides is 1. The number of ether oxygens (including phenoxy) is 1. The zero-order valence-corrected chi connectivity index (χ0v) is 14.9. The second-order valence-corrected chi connectivity index (χ2v) is 7.31. The van der Waals surface area contributed by atoms with E-state index in [1.54, 1.807) is 0 Å². The summed E-state index contributed by atoms with van der Waals surface area (Å²) >= 11 is 0. The van der Waals surface area contributed by atoms with Crippen molar-refractivity contribution in [3.05, 3.63) is 29.6 Å². The Morgan fingerprint density at radius 3 is 2.92 bits per heavy atom. The molecule has 0 aromatic carbocycles. The van der Waals surface area contributed by atoms with Crippen molar-refractivity contribution in [1.29, 1.82) is 0 Å². The lowest BCUT2D eigenvalue weighted by Crippen LogP contribution is -2.49. The maximum absolute atomic E-state index is 13.3. The summed E-state index contributed by atoms with van der Waals surface area (Å²) in [4.78, 5) is 17.8. The molecule has 1 aliphatic carbocycles. The van der Waals surface area contributed by atoms with Crippen LogP contribution in [0.3, 0.4) is 0 Å². The Hall–Kier alpha value is -1.66. The first-order valence-electron chi connectivity index (χ1n) is 9.62. The molecule has 6 heteroatoms. The SMILES string of the molecule is O=C(C1=CCCCC1)N1Cc2ccnn2CCC1CN1CCOCC1.